The van der Waals surface area contributed by atoms with Gasteiger partial charge in [0, 0.05) is 18.1 Å². The van der Waals surface area contributed by atoms with Crippen LogP contribution in [0.2, 0.25) is 0 Å². The smallest absolute Gasteiger partial charge is 0.203 e. The standard InChI is InChI=1S/C13H12ClN5/c1-9(14)10-4-2-3-5-11(10)17-12-13-18-16-8-19(13)7-6-15-12/h2-9H,1H3,(H,15,17). The third-order valence-electron chi connectivity index (χ3n) is 2.86. The molecule has 1 atom stereocenters. The van der Waals surface area contributed by atoms with Crippen molar-refractivity contribution in [1.29, 1.82) is 0 Å². The number of hydrogen-bond acceptors (Lipinski definition) is 4. The van der Waals surface area contributed by atoms with Crippen LogP contribution in [0.25, 0.3) is 5.65 Å². The molecule has 0 saturated carbocycles. The van der Waals surface area contributed by atoms with Crippen molar-refractivity contribution in [1.82, 2.24) is 19.6 Å². The molecule has 0 aliphatic carbocycles. The van der Waals surface area contributed by atoms with Crippen LogP contribution in [0, 0.1) is 0 Å². The number of aromatic nitrogens is 4. The lowest BCUT2D eigenvalue weighted by Gasteiger charge is -2.12. The Balaban J connectivity index is 2.04. The molecule has 0 amide bonds. The van der Waals surface area contributed by atoms with E-state index < -0.39 is 0 Å². The molecule has 3 rings (SSSR count). The predicted octanol–water partition coefficient (Wildman–Crippen LogP) is 3.17. The van der Waals surface area contributed by atoms with Crippen molar-refractivity contribution in [2.45, 2.75) is 12.3 Å². The first-order valence-corrected chi connectivity index (χ1v) is 6.33. The van der Waals surface area contributed by atoms with Gasteiger partial charge in [-0.1, -0.05) is 18.2 Å². The van der Waals surface area contributed by atoms with Crippen LogP contribution < -0.4 is 5.32 Å². The Bertz CT molecular complexity index is 707. The van der Waals surface area contributed by atoms with Crippen LogP contribution in [0.15, 0.2) is 43.0 Å². The molecule has 0 spiro atoms. The van der Waals surface area contributed by atoms with E-state index in [1.54, 1.807) is 18.7 Å². The second-order valence-electron chi connectivity index (χ2n) is 4.17. The summed E-state index contributed by atoms with van der Waals surface area (Å²) in [6, 6.07) is 7.87. The van der Waals surface area contributed by atoms with Gasteiger partial charge in [0.15, 0.2) is 5.82 Å². The number of hydrogen-bond donors (Lipinski definition) is 1. The summed E-state index contributed by atoms with van der Waals surface area (Å²) in [6.45, 7) is 1.94. The van der Waals surface area contributed by atoms with Crippen LogP contribution >= 0.6 is 11.6 Å². The summed E-state index contributed by atoms with van der Waals surface area (Å²) >= 11 is 6.18. The summed E-state index contributed by atoms with van der Waals surface area (Å²) in [5.41, 5.74) is 2.63. The van der Waals surface area contributed by atoms with Crippen molar-refractivity contribution in [2.75, 3.05) is 5.32 Å². The minimum absolute atomic E-state index is 0.0821. The Hall–Kier alpha value is -2.14. The summed E-state index contributed by atoms with van der Waals surface area (Å²) in [6.07, 6.45) is 5.14. The first-order chi connectivity index (χ1) is 9.25. The van der Waals surface area contributed by atoms with Crippen molar-refractivity contribution in [2.24, 2.45) is 0 Å². The monoisotopic (exact) mass is 273 g/mol. The number of nitrogens with one attached hydrogen (secondary N) is 1. The van der Waals surface area contributed by atoms with Crippen molar-refractivity contribution >= 4 is 28.8 Å². The quantitative estimate of drug-likeness (QED) is 0.745. The summed E-state index contributed by atoms with van der Waals surface area (Å²) in [5, 5.41) is 11.1. The van der Waals surface area contributed by atoms with Gasteiger partial charge in [0.25, 0.3) is 0 Å². The van der Waals surface area contributed by atoms with Crippen molar-refractivity contribution in [3.63, 3.8) is 0 Å². The predicted molar refractivity (Wildman–Crippen MR) is 74.8 cm³/mol. The van der Waals surface area contributed by atoms with Gasteiger partial charge in [-0.25, -0.2) is 4.98 Å². The van der Waals surface area contributed by atoms with E-state index in [-0.39, 0.29) is 5.38 Å². The van der Waals surface area contributed by atoms with Crippen LogP contribution in [0.4, 0.5) is 11.5 Å². The molecular weight excluding hydrogens is 262 g/mol. The maximum Gasteiger partial charge on any atom is 0.203 e. The molecule has 2 heterocycles. The third-order valence-corrected chi connectivity index (χ3v) is 3.09. The van der Waals surface area contributed by atoms with Gasteiger partial charge in [-0.2, -0.15) is 0 Å². The Morgan fingerprint density at radius 3 is 3.00 bits per heavy atom. The zero-order valence-electron chi connectivity index (χ0n) is 10.3. The summed E-state index contributed by atoms with van der Waals surface area (Å²) in [4.78, 5) is 4.30. The molecular formula is C13H12ClN5. The maximum atomic E-state index is 6.18. The van der Waals surface area contributed by atoms with Gasteiger partial charge in [0.1, 0.15) is 6.33 Å². The first-order valence-electron chi connectivity index (χ1n) is 5.90. The van der Waals surface area contributed by atoms with Gasteiger partial charge in [0.2, 0.25) is 5.65 Å². The topological polar surface area (TPSA) is 55.1 Å². The van der Waals surface area contributed by atoms with E-state index in [9.17, 15) is 0 Å². The van der Waals surface area contributed by atoms with E-state index >= 15 is 0 Å². The molecule has 0 aliphatic heterocycles. The fourth-order valence-electron chi connectivity index (χ4n) is 1.93. The zero-order valence-corrected chi connectivity index (χ0v) is 11.0. The van der Waals surface area contributed by atoms with Crippen molar-refractivity contribution in [3.05, 3.63) is 48.5 Å². The van der Waals surface area contributed by atoms with Crippen LogP contribution in [0.5, 0.6) is 0 Å². The molecule has 96 valence electrons. The molecule has 1 aromatic carbocycles. The minimum Gasteiger partial charge on any atom is -0.337 e. The van der Waals surface area contributed by atoms with Crippen LogP contribution in [-0.2, 0) is 0 Å². The van der Waals surface area contributed by atoms with Gasteiger partial charge < -0.3 is 5.32 Å². The number of fused-ring (bicyclic) bond motifs is 1. The summed E-state index contributed by atoms with van der Waals surface area (Å²) in [7, 11) is 0. The van der Waals surface area contributed by atoms with E-state index in [2.05, 4.69) is 20.5 Å². The Morgan fingerprint density at radius 2 is 2.16 bits per heavy atom. The normalized spacial score (nSPS) is 12.5. The Kier molecular flexibility index (Phi) is 3.05. The highest BCUT2D eigenvalue weighted by Crippen LogP contribution is 2.29. The molecule has 5 nitrogen and oxygen atoms in total. The number of rotatable bonds is 3. The molecule has 0 aliphatic rings. The molecule has 1 N–H and O–H groups in total. The molecule has 0 bridgehead atoms. The fourth-order valence-corrected chi connectivity index (χ4v) is 2.12. The highest BCUT2D eigenvalue weighted by molar-refractivity contribution is 6.21. The highest BCUT2D eigenvalue weighted by atomic mass is 35.5. The van der Waals surface area contributed by atoms with Gasteiger partial charge >= 0.3 is 0 Å². The molecule has 6 heteroatoms. The lowest BCUT2D eigenvalue weighted by molar-refractivity contribution is 1.08. The molecule has 0 saturated heterocycles. The minimum atomic E-state index is -0.0821. The first kappa shape index (κ1) is 11.9. The van der Waals surface area contributed by atoms with Crippen LogP contribution in [-0.4, -0.2) is 19.6 Å². The van der Waals surface area contributed by atoms with Gasteiger partial charge in [-0.3, -0.25) is 4.40 Å². The van der Waals surface area contributed by atoms with E-state index in [0.29, 0.717) is 11.5 Å². The Labute approximate surface area is 115 Å². The van der Waals surface area contributed by atoms with E-state index in [0.717, 1.165) is 11.3 Å². The number of nitrogens with zero attached hydrogens (tertiary/aromatic N) is 4. The SMILES string of the molecule is CC(Cl)c1ccccc1Nc1nccn2cnnc12. The number of halogens is 1. The van der Waals surface area contributed by atoms with E-state index in [1.165, 1.54) is 0 Å². The lowest BCUT2D eigenvalue weighted by atomic mass is 10.1. The lowest BCUT2D eigenvalue weighted by Crippen LogP contribution is -2.00. The van der Waals surface area contributed by atoms with Gasteiger partial charge in [-0.05, 0) is 18.6 Å². The summed E-state index contributed by atoms with van der Waals surface area (Å²) in [5.74, 6) is 0.657. The maximum absolute atomic E-state index is 6.18. The van der Waals surface area contributed by atoms with E-state index in [1.807, 2.05) is 35.6 Å². The van der Waals surface area contributed by atoms with Crippen molar-refractivity contribution in [3.8, 4) is 0 Å². The Morgan fingerprint density at radius 1 is 1.32 bits per heavy atom. The van der Waals surface area contributed by atoms with Crippen LogP contribution in [0.1, 0.15) is 17.9 Å². The average Bonchev–Trinajstić information content (AvgIpc) is 2.88. The fraction of sp³-hybridized carbons (Fsp3) is 0.154. The average molecular weight is 274 g/mol. The third kappa shape index (κ3) is 2.24. The zero-order chi connectivity index (χ0) is 13.2. The second kappa shape index (κ2) is 4.85. The molecule has 1 unspecified atom stereocenters. The number of alkyl halides is 1. The number of para-hydroxylation sites is 1. The van der Waals surface area contributed by atoms with Gasteiger partial charge in [-0.15, -0.1) is 21.8 Å². The van der Waals surface area contributed by atoms with Crippen LogP contribution in [0.3, 0.4) is 0 Å². The number of benzene rings is 1. The second-order valence-corrected chi connectivity index (χ2v) is 4.82. The van der Waals surface area contributed by atoms with E-state index in [4.69, 9.17) is 11.6 Å². The molecule has 0 fully saturated rings. The molecule has 19 heavy (non-hydrogen) atoms. The van der Waals surface area contributed by atoms with Gasteiger partial charge in [0.05, 0.1) is 5.38 Å². The van der Waals surface area contributed by atoms with Crippen molar-refractivity contribution < 1.29 is 0 Å². The highest BCUT2D eigenvalue weighted by Gasteiger charge is 2.10. The molecule has 3 aromatic rings. The summed E-state index contributed by atoms with van der Waals surface area (Å²) < 4.78 is 1.81. The largest absolute Gasteiger partial charge is 0.337 e. The molecule has 0 radical (unpaired) electrons. The molecule has 2 aromatic heterocycles. The number of anilines is 2.